The average Bonchev–Trinajstić information content (AvgIpc) is 3.08. The molecule has 0 aliphatic heterocycles. The van der Waals surface area contributed by atoms with Crippen molar-refractivity contribution in [3.63, 3.8) is 0 Å². The van der Waals surface area contributed by atoms with E-state index in [9.17, 15) is 4.79 Å². The SMILES string of the molecule is O=C(NCC[C@H](CCO)c1ccsc1)c1ccc(Cl)s1. The zero-order valence-corrected chi connectivity index (χ0v) is 13.2. The van der Waals surface area contributed by atoms with Gasteiger partial charge in [-0.15, -0.1) is 11.3 Å². The summed E-state index contributed by atoms with van der Waals surface area (Å²) in [6, 6.07) is 5.53. The van der Waals surface area contributed by atoms with Gasteiger partial charge in [-0.2, -0.15) is 11.3 Å². The van der Waals surface area contributed by atoms with E-state index in [-0.39, 0.29) is 12.5 Å². The molecule has 0 saturated heterocycles. The van der Waals surface area contributed by atoms with Gasteiger partial charge in [0, 0.05) is 13.2 Å². The fourth-order valence-corrected chi connectivity index (χ4v) is 3.73. The first-order valence-electron chi connectivity index (χ1n) is 6.37. The fraction of sp³-hybridized carbons (Fsp3) is 0.357. The molecule has 0 aromatic carbocycles. The third-order valence-electron chi connectivity index (χ3n) is 3.07. The van der Waals surface area contributed by atoms with Crippen molar-refractivity contribution < 1.29 is 9.90 Å². The van der Waals surface area contributed by atoms with Crippen LogP contribution in [0.5, 0.6) is 0 Å². The fourth-order valence-electron chi connectivity index (χ4n) is 2.02. The summed E-state index contributed by atoms with van der Waals surface area (Å²) >= 11 is 8.74. The van der Waals surface area contributed by atoms with Gasteiger partial charge in [0.15, 0.2) is 0 Å². The molecule has 2 N–H and O–H groups in total. The van der Waals surface area contributed by atoms with E-state index in [1.165, 1.54) is 16.9 Å². The maximum absolute atomic E-state index is 11.9. The summed E-state index contributed by atoms with van der Waals surface area (Å²) in [6.07, 6.45) is 1.54. The second-order valence-corrected chi connectivity index (χ2v) is 6.91. The number of hydrogen-bond donors (Lipinski definition) is 2. The Morgan fingerprint density at radius 1 is 1.35 bits per heavy atom. The van der Waals surface area contributed by atoms with Crippen LogP contribution in [0.25, 0.3) is 0 Å². The van der Waals surface area contributed by atoms with Crippen LogP contribution in [0.2, 0.25) is 4.34 Å². The molecule has 0 saturated carbocycles. The third-order valence-corrected chi connectivity index (χ3v) is 5.00. The van der Waals surface area contributed by atoms with Crippen molar-refractivity contribution in [1.82, 2.24) is 5.32 Å². The quantitative estimate of drug-likeness (QED) is 0.812. The molecular formula is C14H16ClNO2S2. The standard InChI is InChI=1S/C14H16ClNO2S2/c15-13-2-1-12(20-13)14(18)16-6-3-10(4-7-17)11-5-8-19-9-11/h1-2,5,8-10,17H,3-4,6-7H2,(H,16,18)/t10-/m1/s1. The molecule has 1 amide bonds. The van der Waals surface area contributed by atoms with Crippen LogP contribution >= 0.6 is 34.3 Å². The van der Waals surface area contributed by atoms with Gasteiger partial charge in [0.2, 0.25) is 0 Å². The number of hydrogen-bond acceptors (Lipinski definition) is 4. The lowest BCUT2D eigenvalue weighted by Gasteiger charge is -2.14. The highest BCUT2D eigenvalue weighted by Gasteiger charge is 2.13. The minimum absolute atomic E-state index is 0.0880. The number of thiophene rings is 2. The Morgan fingerprint density at radius 3 is 2.80 bits per heavy atom. The van der Waals surface area contributed by atoms with Crippen molar-refractivity contribution in [2.45, 2.75) is 18.8 Å². The van der Waals surface area contributed by atoms with Crippen LogP contribution in [-0.2, 0) is 0 Å². The molecule has 0 spiro atoms. The van der Waals surface area contributed by atoms with E-state index in [2.05, 4.69) is 16.8 Å². The van der Waals surface area contributed by atoms with E-state index in [1.54, 1.807) is 23.5 Å². The Hall–Kier alpha value is -0.880. The molecule has 108 valence electrons. The number of aliphatic hydroxyl groups is 1. The molecule has 2 aromatic rings. The van der Waals surface area contributed by atoms with Gasteiger partial charge in [0.1, 0.15) is 0 Å². The monoisotopic (exact) mass is 329 g/mol. The second-order valence-electron chi connectivity index (χ2n) is 4.41. The van der Waals surface area contributed by atoms with E-state index < -0.39 is 0 Å². The Balaban J connectivity index is 1.83. The highest BCUT2D eigenvalue weighted by molar-refractivity contribution is 7.18. The van der Waals surface area contributed by atoms with Crippen molar-refractivity contribution in [3.8, 4) is 0 Å². The lowest BCUT2D eigenvalue weighted by Crippen LogP contribution is -2.25. The van der Waals surface area contributed by atoms with Gasteiger partial charge in [-0.3, -0.25) is 4.79 Å². The van der Waals surface area contributed by atoms with E-state index in [1.807, 2.05) is 5.38 Å². The minimum Gasteiger partial charge on any atom is -0.396 e. The summed E-state index contributed by atoms with van der Waals surface area (Å²) < 4.78 is 0.617. The van der Waals surface area contributed by atoms with Crippen LogP contribution in [0.15, 0.2) is 29.0 Å². The molecule has 2 aromatic heterocycles. The summed E-state index contributed by atoms with van der Waals surface area (Å²) in [5.74, 6) is 0.202. The van der Waals surface area contributed by atoms with Crippen LogP contribution in [0, 0.1) is 0 Å². The van der Waals surface area contributed by atoms with E-state index in [4.69, 9.17) is 16.7 Å². The van der Waals surface area contributed by atoms with Gasteiger partial charge >= 0.3 is 0 Å². The van der Waals surface area contributed by atoms with Crippen LogP contribution in [0.3, 0.4) is 0 Å². The van der Waals surface area contributed by atoms with E-state index in [0.29, 0.717) is 21.7 Å². The number of rotatable bonds is 7. The topological polar surface area (TPSA) is 49.3 Å². The molecule has 0 radical (unpaired) electrons. The third kappa shape index (κ3) is 4.31. The molecule has 6 heteroatoms. The first kappa shape index (κ1) is 15.5. The molecule has 0 aliphatic carbocycles. The number of aliphatic hydroxyl groups excluding tert-OH is 1. The van der Waals surface area contributed by atoms with Gasteiger partial charge in [-0.1, -0.05) is 11.6 Å². The first-order chi connectivity index (χ1) is 9.70. The number of carbonyl (C=O) groups excluding carboxylic acids is 1. The smallest absolute Gasteiger partial charge is 0.261 e. The van der Waals surface area contributed by atoms with Gasteiger partial charge in [0.25, 0.3) is 5.91 Å². The molecule has 1 atom stereocenters. The zero-order valence-electron chi connectivity index (χ0n) is 10.8. The molecule has 0 aliphatic rings. The van der Waals surface area contributed by atoms with Crippen molar-refractivity contribution in [2.24, 2.45) is 0 Å². The van der Waals surface area contributed by atoms with Gasteiger partial charge in [0.05, 0.1) is 9.21 Å². The normalized spacial score (nSPS) is 12.3. The van der Waals surface area contributed by atoms with Crippen LogP contribution in [0.1, 0.15) is 34.0 Å². The molecule has 0 bridgehead atoms. The van der Waals surface area contributed by atoms with E-state index in [0.717, 1.165) is 12.8 Å². The number of halogens is 1. The maximum Gasteiger partial charge on any atom is 0.261 e. The lowest BCUT2D eigenvalue weighted by atomic mass is 9.95. The summed E-state index contributed by atoms with van der Waals surface area (Å²) in [4.78, 5) is 12.5. The highest BCUT2D eigenvalue weighted by Crippen LogP contribution is 2.25. The molecule has 0 unspecified atom stereocenters. The van der Waals surface area contributed by atoms with Crippen LogP contribution in [-0.4, -0.2) is 24.2 Å². The summed E-state index contributed by atoms with van der Waals surface area (Å²) in [6.45, 7) is 0.754. The Kier molecular flexibility index (Phi) is 6.04. The van der Waals surface area contributed by atoms with E-state index >= 15 is 0 Å². The largest absolute Gasteiger partial charge is 0.396 e. The van der Waals surface area contributed by atoms with Crippen LogP contribution in [0.4, 0.5) is 0 Å². The molecule has 2 rings (SSSR count). The molecule has 20 heavy (non-hydrogen) atoms. The van der Waals surface area contributed by atoms with Crippen LogP contribution < -0.4 is 5.32 Å². The van der Waals surface area contributed by atoms with Crippen molar-refractivity contribution in [1.29, 1.82) is 0 Å². The zero-order chi connectivity index (χ0) is 14.4. The van der Waals surface area contributed by atoms with Gasteiger partial charge < -0.3 is 10.4 Å². The predicted octanol–water partition coefficient (Wildman–Crippen LogP) is 3.75. The minimum atomic E-state index is -0.0880. The lowest BCUT2D eigenvalue weighted by molar-refractivity contribution is 0.0956. The summed E-state index contributed by atoms with van der Waals surface area (Å²) in [5, 5.41) is 16.2. The van der Waals surface area contributed by atoms with Crippen molar-refractivity contribution in [2.75, 3.05) is 13.2 Å². The molecule has 2 heterocycles. The highest BCUT2D eigenvalue weighted by atomic mass is 35.5. The number of carbonyl (C=O) groups is 1. The second kappa shape index (κ2) is 7.78. The summed E-state index contributed by atoms with van der Waals surface area (Å²) in [7, 11) is 0. The van der Waals surface area contributed by atoms with Gasteiger partial charge in [-0.05, 0) is 53.3 Å². The average molecular weight is 330 g/mol. The Labute approximate surface area is 131 Å². The Morgan fingerprint density at radius 2 is 2.20 bits per heavy atom. The van der Waals surface area contributed by atoms with Gasteiger partial charge in [-0.25, -0.2) is 0 Å². The Bertz CT molecular complexity index is 539. The van der Waals surface area contributed by atoms with Crippen molar-refractivity contribution in [3.05, 3.63) is 43.7 Å². The molecule has 0 fully saturated rings. The molecule has 3 nitrogen and oxygen atoms in total. The predicted molar refractivity (Wildman–Crippen MR) is 85.0 cm³/mol. The maximum atomic E-state index is 11.9. The van der Waals surface area contributed by atoms with Crippen molar-refractivity contribution >= 4 is 40.2 Å². The number of nitrogens with one attached hydrogen (secondary N) is 1. The molecular weight excluding hydrogens is 314 g/mol. The first-order valence-corrected chi connectivity index (χ1v) is 8.51. The summed E-state index contributed by atoms with van der Waals surface area (Å²) in [5.41, 5.74) is 1.23. The number of amides is 1.